The van der Waals surface area contributed by atoms with Crippen LogP contribution in [-0.4, -0.2) is 43.9 Å². The van der Waals surface area contributed by atoms with Gasteiger partial charge < -0.3 is 5.32 Å². The first-order valence-electron chi connectivity index (χ1n) is 8.16. The average Bonchev–Trinajstić information content (AvgIpc) is 3.20. The van der Waals surface area contributed by atoms with Gasteiger partial charge in [0.15, 0.2) is 0 Å². The average molecular weight is 376 g/mol. The van der Waals surface area contributed by atoms with E-state index >= 15 is 0 Å². The smallest absolute Gasteiger partial charge is 0.346 e. The standard InChI is InChI=1S/C16H19F3N2O3S/c17-16(18,19)10-20-15(22)14-5-2-8-21(14)25(23,24)13-7-6-11-3-1-4-12(11)9-13/h6-7,9,14H,1-5,8,10H2,(H,20,22)/t14-/m0/s1. The number of halogens is 3. The molecular weight excluding hydrogens is 357 g/mol. The van der Waals surface area contributed by atoms with E-state index in [2.05, 4.69) is 0 Å². The van der Waals surface area contributed by atoms with E-state index in [1.807, 2.05) is 0 Å². The predicted molar refractivity (Wildman–Crippen MR) is 84.4 cm³/mol. The lowest BCUT2D eigenvalue weighted by molar-refractivity contribution is -0.140. The number of nitrogens with zero attached hydrogens (tertiary/aromatic N) is 1. The molecule has 0 saturated carbocycles. The van der Waals surface area contributed by atoms with Crippen molar-refractivity contribution in [2.24, 2.45) is 0 Å². The highest BCUT2D eigenvalue weighted by Crippen LogP contribution is 2.30. The molecule has 3 rings (SSSR count). The van der Waals surface area contributed by atoms with Gasteiger partial charge in [-0.3, -0.25) is 4.79 Å². The van der Waals surface area contributed by atoms with E-state index in [-0.39, 0.29) is 17.9 Å². The van der Waals surface area contributed by atoms with E-state index in [0.717, 1.165) is 34.7 Å². The summed E-state index contributed by atoms with van der Waals surface area (Å²) in [4.78, 5) is 12.2. The Kier molecular flexibility index (Phi) is 4.80. The number of hydrogen-bond acceptors (Lipinski definition) is 3. The fourth-order valence-electron chi connectivity index (χ4n) is 3.44. The topological polar surface area (TPSA) is 66.5 Å². The molecule has 1 aromatic rings. The third-order valence-electron chi connectivity index (χ3n) is 4.65. The van der Waals surface area contributed by atoms with Crippen LogP contribution in [0.25, 0.3) is 0 Å². The Bertz CT molecular complexity index is 777. The molecular formula is C16H19F3N2O3S. The maximum Gasteiger partial charge on any atom is 0.405 e. The van der Waals surface area contributed by atoms with Gasteiger partial charge >= 0.3 is 6.18 Å². The molecule has 1 amide bonds. The van der Waals surface area contributed by atoms with E-state index in [1.54, 1.807) is 17.4 Å². The molecule has 0 unspecified atom stereocenters. The minimum atomic E-state index is -4.53. The summed E-state index contributed by atoms with van der Waals surface area (Å²) in [6.07, 6.45) is -1.17. The van der Waals surface area contributed by atoms with Gasteiger partial charge in [-0.2, -0.15) is 17.5 Å². The van der Waals surface area contributed by atoms with Gasteiger partial charge in [-0.1, -0.05) is 6.07 Å². The SMILES string of the molecule is O=C(NCC(F)(F)F)[C@@H]1CCCN1S(=O)(=O)c1ccc2c(c1)CCC2. The minimum absolute atomic E-state index is 0.101. The third kappa shape index (κ3) is 3.82. The van der Waals surface area contributed by atoms with Gasteiger partial charge in [0, 0.05) is 6.54 Å². The van der Waals surface area contributed by atoms with Gasteiger partial charge in [-0.05, 0) is 55.4 Å². The van der Waals surface area contributed by atoms with Gasteiger partial charge in [-0.25, -0.2) is 8.42 Å². The maximum atomic E-state index is 12.9. The molecule has 1 fully saturated rings. The zero-order valence-electron chi connectivity index (χ0n) is 13.5. The summed E-state index contributed by atoms with van der Waals surface area (Å²) in [5, 5.41) is 1.79. The van der Waals surface area contributed by atoms with Crippen molar-refractivity contribution in [3.8, 4) is 0 Å². The molecule has 0 aromatic heterocycles. The van der Waals surface area contributed by atoms with Crippen LogP contribution in [0.5, 0.6) is 0 Å². The molecule has 138 valence electrons. The summed E-state index contributed by atoms with van der Waals surface area (Å²) in [5.74, 6) is -0.903. The number of alkyl halides is 3. The first-order chi connectivity index (χ1) is 11.7. The van der Waals surface area contributed by atoms with Gasteiger partial charge in [0.1, 0.15) is 12.6 Å². The number of sulfonamides is 1. The summed E-state index contributed by atoms with van der Waals surface area (Å²) < 4.78 is 63.6. The predicted octanol–water partition coefficient (Wildman–Crippen LogP) is 2.01. The molecule has 9 heteroatoms. The van der Waals surface area contributed by atoms with Gasteiger partial charge in [0.2, 0.25) is 15.9 Å². The largest absolute Gasteiger partial charge is 0.405 e. The molecule has 0 spiro atoms. The summed E-state index contributed by atoms with van der Waals surface area (Å²) in [6, 6.07) is 3.83. The van der Waals surface area contributed by atoms with Crippen LogP contribution in [0.4, 0.5) is 13.2 Å². The molecule has 1 aromatic carbocycles. The van der Waals surface area contributed by atoms with Crippen molar-refractivity contribution in [1.82, 2.24) is 9.62 Å². The zero-order valence-corrected chi connectivity index (χ0v) is 14.3. The van der Waals surface area contributed by atoms with E-state index in [0.29, 0.717) is 6.42 Å². The van der Waals surface area contributed by atoms with Crippen molar-refractivity contribution >= 4 is 15.9 Å². The Labute approximate surface area is 144 Å². The number of aryl methyl sites for hydroxylation is 2. The van der Waals surface area contributed by atoms with E-state index in [9.17, 15) is 26.4 Å². The fourth-order valence-corrected chi connectivity index (χ4v) is 5.15. The summed E-state index contributed by atoms with van der Waals surface area (Å²) in [7, 11) is -3.92. The van der Waals surface area contributed by atoms with Crippen molar-refractivity contribution in [2.45, 2.75) is 49.2 Å². The molecule has 1 heterocycles. The van der Waals surface area contributed by atoms with Crippen LogP contribution >= 0.6 is 0 Å². The molecule has 5 nitrogen and oxygen atoms in total. The van der Waals surface area contributed by atoms with Gasteiger partial charge in [0.05, 0.1) is 4.90 Å². The van der Waals surface area contributed by atoms with E-state index in [1.165, 1.54) is 6.07 Å². The van der Waals surface area contributed by atoms with Gasteiger partial charge in [0.25, 0.3) is 0 Å². The highest BCUT2D eigenvalue weighted by atomic mass is 32.2. The molecule has 0 bridgehead atoms. The Morgan fingerprint density at radius 3 is 2.64 bits per heavy atom. The van der Waals surface area contributed by atoms with Crippen molar-refractivity contribution in [2.75, 3.05) is 13.1 Å². The van der Waals surface area contributed by atoms with Crippen molar-refractivity contribution < 1.29 is 26.4 Å². The number of carbonyl (C=O) groups is 1. The molecule has 25 heavy (non-hydrogen) atoms. The highest BCUT2D eigenvalue weighted by molar-refractivity contribution is 7.89. The molecule has 1 atom stereocenters. The van der Waals surface area contributed by atoms with Crippen LogP contribution in [0.2, 0.25) is 0 Å². The number of fused-ring (bicyclic) bond motifs is 1. The highest BCUT2D eigenvalue weighted by Gasteiger charge is 2.40. The Hall–Kier alpha value is -1.61. The van der Waals surface area contributed by atoms with E-state index < -0.39 is 34.7 Å². The third-order valence-corrected chi connectivity index (χ3v) is 6.55. The Morgan fingerprint density at radius 1 is 1.20 bits per heavy atom. The first kappa shape index (κ1) is 18.2. The second-order valence-corrected chi connectivity index (χ2v) is 8.28. The number of amides is 1. The number of nitrogens with one attached hydrogen (secondary N) is 1. The quantitative estimate of drug-likeness (QED) is 0.874. The Balaban J connectivity index is 1.80. The Morgan fingerprint density at radius 2 is 1.92 bits per heavy atom. The van der Waals surface area contributed by atoms with E-state index in [4.69, 9.17) is 0 Å². The monoisotopic (exact) mass is 376 g/mol. The summed E-state index contributed by atoms with van der Waals surface area (Å²) in [6.45, 7) is -1.33. The second kappa shape index (κ2) is 6.60. The first-order valence-corrected chi connectivity index (χ1v) is 9.60. The van der Waals surface area contributed by atoms with Crippen LogP contribution in [0.15, 0.2) is 23.1 Å². The molecule has 1 aliphatic heterocycles. The molecule has 2 aliphatic rings. The number of rotatable bonds is 4. The van der Waals surface area contributed by atoms with Crippen LogP contribution in [-0.2, 0) is 27.7 Å². The summed E-state index contributed by atoms with van der Waals surface area (Å²) in [5.41, 5.74) is 2.11. The van der Waals surface area contributed by atoms with Crippen molar-refractivity contribution in [3.05, 3.63) is 29.3 Å². The van der Waals surface area contributed by atoms with Crippen LogP contribution in [0, 0.1) is 0 Å². The van der Waals surface area contributed by atoms with Crippen LogP contribution < -0.4 is 5.32 Å². The minimum Gasteiger partial charge on any atom is -0.346 e. The zero-order chi connectivity index (χ0) is 18.2. The lowest BCUT2D eigenvalue weighted by Gasteiger charge is -2.24. The lowest BCUT2D eigenvalue weighted by Crippen LogP contribution is -2.47. The number of benzene rings is 1. The molecule has 1 N–H and O–H groups in total. The molecule has 1 saturated heterocycles. The van der Waals surface area contributed by atoms with Crippen LogP contribution in [0.3, 0.4) is 0 Å². The number of hydrogen-bond donors (Lipinski definition) is 1. The number of carbonyl (C=O) groups excluding carboxylic acids is 1. The van der Waals surface area contributed by atoms with Crippen molar-refractivity contribution in [1.29, 1.82) is 0 Å². The maximum absolute atomic E-state index is 12.9. The lowest BCUT2D eigenvalue weighted by atomic mass is 10.1. The summed E-state index contributed by atoms with van der Waals surface area (Å²) >= 11 is 0. The van der Waals surface area contributed by atoms with Crippen molar-refractivity contribution in [3.63, 3.8) is 0 Å². The van der Waals surface area contributed by atoms with Gasteiger partial charge in [-0.15, -0.1) is 0 Å². The fraction of sp³-hybridized carbons (Fsp3) is 0.562. The molecule has 1 aliphatic carbocycles. The normalized spacial score (nSPS) is 21.3. The second-order valence-electron chi connectivity index (χ2n) is 6.39. The van der Waals surface area contributed by atoms with Crippen LogP contribution in [0.1, 0.15) is 30.4 Å². The molecule has 0 radical (unpaired) electrons.